The topological polar surface area (TPSA) is 59.9 Å². The van der Waals surface area contributed by atoms with Crippen LogP contribution in [0.1, 0.15) is 0 Å². The van der Waals surface area contributed by atoms with Gasteiger partial charge in [0.25, 0.3) is 0 Å². The molecule has 112 valence electrons. The van der Waals surface area contributed by atoms with Crippen molar-refractivity contribution in [1.29, 1.82) is 0 Å². The molecule has 4 nitrogen and oxygen atoms in total. The van der Waals surface area contributed by atoms with Gasteiger partial charge >= 0.3 is 0 Å². The van der Waals surface area contributed by atoms with Crippen LogP contribution in [0, 0.1) is 0 Å². The summed E-state index contributed by atoms with van der Waals surface area (Å²) in [6, 6.07) is 12.1. The molecule has 0 radical (unpaired) electrons. The molecule has 0 N–H and O–H groups in total. The predicted octanol–water partition coefficient (Wildman–Crippen LogP) is 4.01. The zero-order valence-electron chi connectivity index (χ0n) is 11.4. The van der Waals surface area contributed by atoms with Crippen molar-refractivity contribution < 1.29 is 8.42 Å². The first-order valence-corrected chi connectivity index (χ1v) is 8.93. The lowest BCUT2D eigenvalue weighted by Crippen LogP contribution is -2.06. The summed E-state index contributed by atoms with van der Waals surface area (Å²) >= 11 is 12.0. The molecule has 0 saturated carbocycles. The predicted molar refractivity (Wildman–Crippen MR) is 88.1 cm³/mol. The Labute approximate surface area is 137 Å². The molecule has 0 saturated heterocycles. The molecule has 3 rings (SSSR count). The monoisotopic (exact) mass is 352 g/mol. The second kappa shape index (κ2) is 5.50. The van der Waals surface area contributed by atoms with Gasteiger partial charge in [-0.1, -0.05) is 53.5 Å². The molecule has 0 spiro atoms. The highest BCUT2D eigenvalue weighted by Crippen LogP contribution is 2.30. The Hall–Kier alpha value is -1.69. The van der Waals surface area contributed by atoms with Crippen molar-refractivity contribution in [3.05, 3.63) is 52.5 Å². The fourth-order valence-electron chi connectivity index (χ4n) is 2.08. The normalized spacial score (nSPS) is 11.8. The molecule has 0 unspecified atom stereocenters. The molecule has 0 aliphatic rings. The van der Waals surface area contributed by atoms with E-state index in [2.05, 4.69) is 9.97 Å². The van der Waals surface area contributed by atoms with E-state index >= 15 is 0 Å². The van der Waals surface area contributed by atoms with E-state index in [0.717, 1.165) is 6.26 Å². The molecule has 0 aliphatic heterocycles. The van der Waals surface area contributed by atoms with E-state index in [1.165, 1.54) is 6.07 Å². The highest BCUT2D eigenvalue weighted by Gasteiger charge is 2.20. The summed E-state index contributed by atoms with van der Waals surface area (Å²) < 4.78 is 24.1. The average molecular weight is 353 g/mol. The Bertz CT molecular complexity index is 974. The first-order chi connectivity index (χ1) is 10.4. The Balaban J connectivity index is 2.41. The van der Waals surface area contributed by atoms with Crippen LogP contribution in [0.5, 0.6) is 0 Å². The van der Waals surface area contributed by atoms with Gasteiger partial charge in [-0.05, 0) is 12.1 Å². The third-order valence-electron chi connectivity index (χ3n) is 3.07. The van der Waals surface area contributed by atoms with Gasteiger partial charge in [0.2, 0.25) is 0 Å². The zero-order valence-corrected chi connectivity index (χ0v) is 13.7. The number of benzene rings is 2. The smallest absolute Gasteiger partial charge is 0.194 e. The summed E-state index contributed by atoms with van der Waals surface area (Å²) in [5.74, 6) is 0. The Kier molecular flexibility index (Phi) is 3.80. The van der Waals surface area contributed by atoms with Crippen LogP contribution in [-0.2, 0) is 9.84 Å². The lowest BCUT2D eigenvalue weighted by Gasteiger charge is -2.09. The molecule has 0 aliphatic carbocycles. The molecule has 2 aromatic carbocycles. The molecule has 0 amide bonds. The Morgan fingerprint density at radius 2 is 1.45 bits per heavy atom. The molecule has 1 heterocycles. The van der Waals surface area contributed by atoms with E-state index in [4.69, 9.17) is 23.2 Å². The van der Waals surface area contributed by atoms with Crippen LogP contribution in [-0.4, -0.2) is 24.6 Å². The molecule has 0 fully saturated rings. The number of aromatic nitrogens is 2. The van der Waals surface area contributed by atoms with Crippen molar-refractivity contribution in [2.24, 2.45) is 0 Å². The van der Waals surface area contributed by atoms with Crippen molar-refractivity contribution in [2.45, 2.75) is 5.03 Å². The van der Waals surface area contributed by atoms with Crippen LogP contribution < -0.4 is 0 Å². The summed E-state index contributed by atoms with van der Waals surface area (Å²) in [5.41, 5.74) is 1.84. The molecule has 22 heavy (non-hydrogen) atoms. The van der Waals surface area contributed by atoms with Crippen molar-refractivity contribution in [3.8, 4) is 11.3 Å². The molecule has 7 heteroatoms. The first-order valence-electron chi connectivity index (χ1n) is 6.28. The highest BCUT2D eigenvalue weighted by atomic mass is 35.5. The number of hydrogen-bond donors (Lipinski definition) is 0. The SMILES string of the molecule is CS(=O)(=O)c1nc2cc(Cl)c(Cl)cc2nc1-c1ccccc1. The molecule has 0 bridgehead atoms. The van der Waals surface area contributed by atoms with E-state index < -0.39 is 9.84 Å². The molecular weight excluding hydrogens is 343 g/mol. The van der Waals surface area contributed by atoms with Crippen molar-refractivity contribution >= 4 is 44.1 Å². The van der Waals surface area contributed by atoms with Gasteiger partial charge in [0.1, 0.15) is 5.69 Å². The van der Waals surface area contributed by atoms with Gasteiger partial charge in [-0.15, -0.1) is 0 Å². The van der Waals surface area contributed by atoms with Crippen LogP contribution in [0.25, 0.3) is 22.3 Å². The molecular formula is C15H10Cl2N2O2S. The zero-order chi connectivity index (χ0) is 15.9. The number of sulfone groups is 1. The maximum absolute atomic E-state index is 12.1. The number of hydrogen-bond acceptors (Lipinski definition) is 4. The van der Waals surface area contributed by atoms with Crippen LogP contribution in [0.3, 0.4) is 0 Å². The molecule has 1 aromatic heterocycles. The minimum absolute atomic E-state index is 0.0791. The lowest BCUT2D eigenvalue weighted by molar-refractivity contribution is 0.598. The number of halogens is 2. The van der Waals surface area contributed by atoms with E-state index in [1.54, 1.807) is 18.2 Å². The lowest BCUT2D eigenvalue weighted by atomic mass is 10.1. The quantitative estimate of drug-likeness (QED) is 0.699. The van der Waals surface area contributed by atoms with Crippen LogP contribution >= 0.6 is 23.2 Å². The maximum atomic E-state index is 12.1. The fourth-order valence-corrected chi connectivity index (χ4v) is 3.17. The average Bonchev–Trinajstić information content (AvgIpc) is 2.47. The second-order valence-electron chi connectivity index (χ2n) is 4.77. The van der Waals surface area contributed by atoms with E-state index in [9.17, 15) is 8.42 Å². The third-order valence-corrected chi connectivity index (χ3v) is 4.78. The van der Waals surface area contributed by atoms with Crippen LogP contribution in [0.15, 0.2) is 47.5 Å². The van der Waals surface area contributed by atoms with Gasteiger partial charge in [-0.2, -0.15) is 0 Å². The number of fused-ring (bicyclic) bond motifs is 1. The maximum Gasteiger partial charge on any atom is 0.194 e. The van der Waals surface area contributed by atoms with Gasteiger partial charge in [0, 0.05) is 11.8 Å². The first kappa shape index (κ1) is 15.2. The minimum Gasteiger partial charge on any atom is -0.243 e. The Morgan fingerprint density at radius 1 is 0.909 bits per heavy atom. The summed E-state index contributed by atoms with van der Waals surface area (Å²) in [7, 11) is -3.55. The molecule has 0 atom stereocenters. The summed E-state index contributed by atoms with van der Waals surface area (Å²) in [5, 5.41) is 0.564. The standard InChI is InChI=1S/C15H10Cl2N2O2S/c1-22(20,21)15-14(9-5-3-2-4-6-9)18-12-7-10(16)11(17)8-13(12)19-15/h2-8H,1H3. The largest absolute Gasteiger partial charge is 0.243 e. The van der Waals surface area contributed by atoms with Crippen LogP contribution in [0.4, 0.5) is 0 Å². The van der Waals surface area contributed by atoms with Crippen molar-refractivity contribution in [1.82, 2.24) is 9.97 Å². The minimum atomic E-state index is -3.55. The summed E-state index contributed by atoms with van der Waals surface area (Å²) in [4.78, 5) is 8.66. The Morgan fingerprint density at radius 3 is 2.00 bits per heavy atom. The number of nitrogens with zero attached hydrogens (tertiary/aromatic N) is 2. The van der Waals surface area contributed by atoms with Gasteiger partial charge in [-0.3, -0.25) is 0 Å². The van der Waals surface area contributed by atoms with Crippen molar-refractivity contribution in [2.75, 3.05) is 6.26 Å². The summed E-state index contributed by atoms with van der Waals surface area (Å²) in [6.45, 7) is 0. The van der Waals surface area contributed by atoms with E-state index in [1.807, 2.05) is 18.2 Å². The van der Waals surface area contributed by atoms with E-state index in [0.29, 0.717) is 32.3 Å². The second-order valence-corrected chi connectivity index (χ2v) is 7.52. The van der Waals surface area contributed by atoms with Gasteiger partial charge in [-0.25, -0.2) is 18.4 Å². The van der Waals surface area contributed by atoms with E-state index in [-0.39, 0.29) is 5.03 Å². The van der Waals surface area contributed by atoms with Gasteiger partial charge in [0.15, 0.2) is 14.9 Å². The molecule has 3 aromatic rings. The summed E-state index contributed by atoms with van der Waals surface area (Å²) in [6.07, 6.45) is 1.10. The third kappa shape index (κ3) is 2.79. The van der Waals surface area contributed by atoms with Crippen LogP contribution in [0.2, 0.25) is 10.0 Å². The van der Waals surface area contributed by atoms with Gasteiger partial charge in [0.05, 0.1) is 21.1 Å². The van der Waals surface area contributed by atoms with Gasteiger partial charge < -0.3 is 0 Å². The van der Waals surface area contributed by atoms with Crippen molar-refractivity contribution in [3.63, 3.8) is 0 Å². The highest BCUT2D eigenvalue weighted by molar-refractivity contribution is 7.90. The fraction of sp³-hybridized carbons (Fsp3) is 0.0667. The number of rotatable bonds is 2.